The van der Waals surface area contributed by atoms with Crippen LogP contribution in [-0.4, -0.2) is 37.9 Å². The van der Waals surface area contributed by atoms with E-state index >= 15 is 0 Å². The molecule has 1 atom stereocenters. The standard InChI is InChI=1S/C27H25Cl3N4O4S/c28-20-11-9-19(10-12-20)26-18-24(31-33(26)25-14-13-21(29)17-23(25)30)27(35)32-34(15-5-2-6-16-34)38-39(36,37)22-7-3-1-4-8-22/h1,3-4,7-14,17,26H,2,5-6,15-16,18H2/p+1. The Kier molecular flexibility index (Phi) is 8.19. The first-order chi connectivity index (χ1) is 18.7. The maximum absolute atomic E-state index is 13.7. The first-order valence-corrected chi connectivity index (χ1v) is 15.0. The van der Waals surface area contributed by atoms with Crippen molar-refractivity contribution in [1.82, 2.24) is 5.43 Å². The van der Waals surface area contributed by atoms with Crippen molar-refractivity contribution in [3.8, 4) is 0 Å². The summed E-state index contributed by atoms with van der Waals surface area (Å²) in [4.78, 5) is 13.7. The summed E-state index contributed by atoms with van der Waals surface area (Å²) in [5.41, 5.74) is 4.51. The van der Waals surface area contributed by atoms with Gasteiger partial charge in [0.05, 0.1) is 21.6 Å². The highest BCUT2D eigenvalue weighted by molar-refractivity contribution is 7.86. The molecule has 12 heteroatoms. The zero-order valence-electron chi connectivity index (χ0n) is 20.8. The summed E-state index contributed by atoms with van der Waals surface area (Å²) in [6, 6.07) is 19.9. The third kappa shape index (κ3) is 6.24. The van der Waals surface area contributed by atoms with Crippen LogP contribution in [0.3, 0.4) is 0 Å². The van der Waals surface area contributed by atoms with Crippen molar-refractivity contribution in [1.29, 1.82) is 0 Å². The van der Waals surface area contributed by atoms with Crippen LogP contribution in [0.1, 0.15) is 37.3 Å². The van der Waals surface area contributed by atoms with E-state index < -0.39 is 20.8 Å². The van der Waals surface area contributed by atoms with E-state index in [4.69, 9.17) is 39.1 Å². The summed E-state index contributed by atoms with van der Waals surface area (Å²) < 4.78 is 31.4. The first-order valence-electron chi connectivity index (χ1n) is 12.4. The molecule has 1 fully saturated rings. The van der Waals surface area contributed by atoms with Crippen molar-refractivity contribution in [3.63, 3.8) is 0 Å². The van der Waals surface area contributed by atoms with Gasteiger partial charge in [-0.2, -0.15) is 18.9 Å². The van der Waals surface area contributed by atoms with Crippen molar-refractivity contribution in [2.24, 2.45) is 5.10 Å². The average Bonchev–Trinajstić information content (AvgIpc) is 3.35. The summed E-state index contributed by atoms with van der Waals surface area (Å²) in [6.45, 7) is 0.608. The number of nitrogens with zero attached hydrogens (tertiary/aromatic N) is 3. The van der Waals surface area contributed by atoms with Gasteiger partial charge in [-0.25, -0.2) is 0 Å². The molecular formula is C27H26Cl3N4O4S+. The number of hydrogen-bond acceptors (Lipinski definition) is 6. The fraction of sp³-hybridized carbons (Fsp3) is 0.259. The molecule has 0 spiro atoms. The van der Waals surface area contributed by atoms with Crippen LogP contribution >= 0.6 is 34.8 Å². The van der Waals surface area contributed by atoms with E-state index in [2.05, 4.69) is 10.5 Å². The van der Waals surface area contributed by atoms with Crippen molar-refractivity contribution >= 4 is 62.2 Å². The Morgan fingerprint density at radius 1 is 0.923 bits per heavy atom. The number of hydrazone groups is 1. The van der Waals surface area contributed by atoms with Crippen LogP contribution in [0.2, 0.25) is 15.1 Å². The lowest BCUT2D eigenvalue weighted by Gasteiger charge is -2.35. The molecule has 1 amide bonds. The minimum atomic E-state index is -4.14. The lowest BCUT2D eigenvalue weighted by Crippen LogP contribution is -2.64. The molecule has 2 aliphatic heterocycles. The fourth-order valence-electron chi connectivity index (χ4n) is 4.78. The molecule has 0 bridgehead atoms. The Bertz CT molecular complexity index is 1500. The highest BCUT2D eigenvalue weighted by atomic mass is 35.5. The minimum absolute atomic E-state index is 0.0203. The van der Waals surface area contributed by atoms with Gasteiger partial charge in [-0.15, -0.1) is 0 Å². The van der Waals surface area contributed by atoms with Gasteiger partial charge in [0.15, 0.2) is 0 Å². The number of anilines is 1. The van der Waals surface area contributed by atoms with Crippen LogP contribution in [-0.2, 0) is 19.2 Å². The Balaban J connectivity index is 1.45. The number of rotatable bonds is 7. The molecule has 8 nitrogen and oxygen atoms in total. The number of carbonyl (C=O) groups excluding carboxylic acids is 1. The van der Waals surface area contributed by atoms with Gasteiger partial charge in [0.2, 0.25) is 0 Å². The van der Waals surface area contributed by atoms with E-state index in [1.807, 2.05) is 12.1 Å². The van der Waals surface area contributed by atoms with E-state index in [0.29, 0.717) is 46.7 Å². The van der Waals surface area contributed by atoms with Gasteiger partial charge in [0, 0.05) is 29.3 Å². The van der Waals surface area contributed by atoms with Gasteiger partial charge >= 0.3 is 16.0 Å². The summed E-state index contributed by atoms with van der Waals surface area (Å²) in [5.74, 6) is -0.522. The van der Waals surface area contributed by atoms with E-state index in [1.165, 1.54) is 12.1 Å². The topological polar surface area (TPSA) is 88.1 Å². The lowest BCUT2D eigenvalue weighted by molar-refractivity contribution is -1.11. The molecule has 5 rings (SSSR count). The normalized spacial score (nSPS) is 19.0. The molecule has 1 unspecified atom stereocenters. The van der Waals surface area contributed by atoms with Crippen LogP contribution in [0, 0.1) is 0 Å². The predicted molar refractivity (Wildman–Crippen MR) is 152 cm³/mol. The fourth-order valence-corrected chi connectivity index (χ4v) is 6.54. The molecule has 0 aromatic heterocycles. The SMILES string of the molecule is O=C(N[N+]1(OS(=O)(=O)c2ccccc2)CCCCC1)C1=NN(c2ccc(Cl)cc2Cl)C(c2ccc(Cl)cc2)C1. The predicted octanol–water partition coefficient (Wildman–Crippen LogP) is 6.31. The number of carbonyl (C=O) groups is 1. The molecule has 0 radical (unpaired) electrons. The highest BCUT2D eigenvalue weighted by Crippen LogP contribution is 2.40. The van der Waals surface area contributed by atoms with Crippen molar-refractivity contribution in [3.05, 3.63) is 93.4 Å². The average molecular weight is 609 g/mol. The summed E-state index contributed by atoms with van der Waals surface area (Å²) in [5, 5.41) is 7.76. The quantitative estimate of drug-likeness (QED) is 0.318. The Labute approximate surface area is 242 Å². The first kappa shape index (κ1) is 27.9. The molecule has 39 heavy (non-hydrogen) atoms. The Hall–Kier alpha value is -2.66. The molecule has 3 aromatic rings. The lowest BCUT2D eigenvalue weighted by atomic mass is 10.0. The number of hydrogen-bond donors (Lipinski definition) is 1. The Morgan fingerprint density at radius 3 is 2.26 bits per heavy atom. The van der Waals surface area contributed by atoms with Gasteiger partial charge in [-0.1, -0.05) is 69.9 Å². The molecule has 0 aliphatic carbocycles. The Morgan fingerprint density at radius 2 is 1.59 bits per heavy atom. The zero-order valence-corrected chi connectivity index (χ0v) is 23.8. The molecular weight excluding hydrogens is 583 g/mol. The number of hydroxylamine groups is 2. The monoisotopic (exact) mass is 607 g/mol. The van der Waals surface area contributed by atoms with Gasteiger partial charge in [0.1, 0.15) is 18.8 Å². The van der Waals surface area contributed by atoms with Crippen molar-refractivity contribution in [2.75, 3.05) is 18.1 Å². The number of nitrogens with one attached hydrogen (secondary N) is 1. The second-order valence-corrected chi connectivity index (χ2v) is 12.2. The van der Waals surface area contributed by atoms with Gasteiger partial charge in [0.25, 0.3) is 0 Å². The maximum atomic E-state index is 13.7. The largest absolute Gasteiger partial charge is 0.345 e. The van der Waals surface area contributed by atoms with Crippen LogP contribution in [0.4, 0.5) is 5.69 Å². The van der Waals surface area contributed by atoms with E-state index in [-0.39, 0.29) is 23.1 Å². The second kappa shape index (κ2) is 11.4. The summed E-state index contributed by atoms with van der Waals surface area (Å²) >= 11 is 18.7. The molecule has 1 saturated heterocycles. The third-order valence-corrected chi connectivity index (χ3v) is 8.82. The maximum Gasteiger partial charge on any atom is 0.345 e. The molecule has 1 N–H and O–H groups in total. The number of quaternary nitrogens is 1. The third-order valence-electron chi connectivity index (χ3n) is 6.70. The molecule has 0 saturated carbocycles. The number of benzene rings is 3. The zero-order chi connectivity index (χ0) is 27.6. The van der Waals surface area contributed by atoms with Gasteiger partial charge < -0.3 is 0 Å². The molecule has 2 aliphatic rings. The van der Waals surface area contributed by atoms with Gasteiger partial charge in [-0.05, 0) is 58.7 Å². The van der Waals surface area contributed by atoms with Crippen LogP contribution in [0.15, 0.2) is 82.8 Å². The van der Waals surface area contributed by atoms with Crippen molar-refractivity contribution in [2.45, 2.75) is 36.6 Å². The van der Waals surface area contributed by atoms with Crippen LogP contribution < -0.4 is 10.4 Å². The molecule has 204 valence electrons. The van der Waals surface area contributed by atoms with Crippen molar-refractivity contribution < 1.29 is 22.3 Å². The van der Waals surface area contributed by atoms with E-state index in [9.17, 15) is 13.2 Å². The molecule has 2 heterocycles. The minimum Gasteiger partial charge on any atom is -0.263 e. The number of amides is 1. The van der Waals surface area contributed by atoms with E-state index in [1.54, 1.807) is 53.5 Å². The number of piperidine rings is 1. The smallest absolute Gasteiger partial charge is 0.263 e. The van der Waals surface area contributed by atoms with Gasteiger partial charge in [-0.3, -0.25) is 9.80 Å². The second-order valence-electron chi connectivity index (χ2n) is 9.44. The van der Waals surface area contributed by atoms with Crippen LogP contribution in [0.25, 0.3) is 0 Å². The highest BCUT2D eigenvalue weighted by Gasteiger charge is 2.43. The summed E-state index contributed by atoms with van der Waals surface area (Å²) in [7, 11) is -4.14. The molecule has 3 aromatic carbocycles. The number of halogens is 3. The van der Waals surface area contributed by atoms with Crippen LogP contribution in [0.5, 0.6) is 0 Å². The van der Waals surface area contributed by atoms with E-state index in [0.717, 1.165) is 12.0 Å². The summed E-state index contributed by atoms with van der Waals surface area (Å²) in [6.07, 6.45) is 2.54.